The lowest BCUT2D eigenvalue weighted by Gasteiger charge is -2.09. The Morgan fingerprint density at radius 1 is 1.79 bits per heavy atom. The van der Waals surface area contributed by atoms with E-state index in [-0.39, 0.29) is 6.54 Å². The van der Waals surface area contributed by atoms with Gasteiger partial charge >= 0.3 is 5.97 Å². The van der Waals surface area contributed by atoms with E-state index in [9.17, 15) is 4.79 Å². The minimum atomic E-state index is -0.901. The Balaban J connectivity index is 2.78. The van der Waals surface area contributed by atoms with Gasteiger partial charge in [0.25, 0.3) is 0 Å². The highest BCUT2D eigenvalue weighted by Gasteiger charge is 2.19. The molecule has 2 N–H and O–H groups in total. The van der Waals surface area contributed by atoms with Gasteiger partial charge in [0.2, 0.25) is 0 Å². The van der Waals surface area contributed by atoms with E-state index in [0.29, 0.717) is 0 Å². The molecule has 0 saturated heterocycles. The number of carbonyl (C=O) groups is 1. The van der Waals surface area contributed by atoms with E-state index < -0.39 is 12.0 Å². The molecule has 0 aliphatic carbocycles. The summed E-state index contributed by atoms with van der Waals surface area (Å²) in [5.74, 6) is 1.46. The SMILES string of the molecule is C#CCNC(C(=O)O)c1ccc(C)s1. The quantitative estimate of drug-likeness (QED) is 0.737. The maximum Gasteiger partial charge on any atom is 0.326 e. The molecule has 14 heavy (non-hydrogen) atoms. The zero-order chi connectivity index (χ0) is 10.6. The predicted octanol–water partition coefficient (Wildman–Crippen LogP) is 1.41. The maximum absolute atomic E-state index is 10.9. The molecular weight excluding hydrogens is 198 g/mol. The summed E-state index contributed by atoms with van der Waals surface area (Å²) in [5, 5.41) is 11.7. The van der Waals surface area contributed by atoms with Crippen LogP contribution in [0.15, 0.2) is 12.1 Å². The van der Waals surface area contributed by atoms with Crippen molar-refractivity contribution in [1.82, 2.24) is 5.32 Å². The molecule has 4 heteroatoms. The first-order valence-corrected chi connectivity index (χ1v) is 4.92. The molecule has 0 amide bonds. The third-order valence-corrected chi connectivity index (χ3v) is 2.77. The molecule has 0 aromatic carbocycles. The monoisotopic (exact) mass is 209 g/mol. The van der Waals surface area contributed by atoms with Crippen LogP contribution in [0.4, 0.5) is 0 Å². The van der Waals surface area contributed by atoms with E-state index in [1.54, 1.807) is 0 Å². The molecule has 1 aromatic heterocycles. The smallest absolute Gasteiger partial charge is 0.326 e. The normalized spacial score (nSPS) is 12.0. The van der Waals surface area contributed by atoms with Gasteiger partial charge in [-0.1, -0.05) is 5.92 Å². The second-order valence-corrected chi connectivity index (χ2v) is 4.12. The first-order valence-electron chi connectivity index (χ1n) is 4.11. The molecular formula is C10H11NO2S. The van der Waals surface area contributed by atoms with Crippen molar-refractivity contribution in [2.24, 2.45) is 0 Å². The van der Waals surface area contributed by atoms with Crippen molar-refractivity contribution < 1.29 is 9.90 Å². The van der Waals surface area contributed by atoms with Crippen molar-refractivity contribution >= 4 is 17.3 Å². The molecule has 0 aliphatic rings. The van der Waals surface area contributed by atoms with Crippen molar-refractivity contribution in [3.63, 3.8) is 0 Å². The maximum atomic E-state index is 10.9. The topological polar surface area (TPSA) is 49.3 Å². The van der Waals surface area contributed by atoms with Gasteiger partial charge in [-0.2, -0.15) is 0 Å². The van der Waals surface area contributed by atoms with E-state index in [1.807, 2.05) is 19.1 Å². The van der Waals surface area contributed by atoms with Gasteiger partial charge in [-0.15, -0.1) is 17.8 Å². The number of hydrogen-bond acceptors (Lipinski definition) is 3. The minimum absolute atomic E-state index is 0.258. The van der Waals surface area contributed by atoms with Crippen molar-refractivity contribution in [3.8, 4) is 12.3 Å². The number of thiophene rings is 1. The summed E-state index contributed by atoms with van der Waals surface area (Å²) in [5.41, 5.74) is 0. The molecule has 74 valence electrons. The Labute approximate surface area is 86.8 Å². The number of aliphatic carboxylic acids is 1. The number of hydrogen-bond donors (Lipinski definition) is 2. The molecule has 0 spiro atoms. The zero-order valence-corrected chi connectivity index (χ0v) is 8.60. The Hall–Kier alpha value is -1.31. The van der Waals surface area contributed by atoms with E-state index >= 15 is 0 Å². The van der Waals surface area contributed by atoms with Crippen LogP contribution in [0.3, 0.4) is 0 Å². The van der Waals surface area contributed by atoms with Crippen molar-refractivity contribution in [1.29, 1.82) is 0 Å². The molecule has 0 saturated carbocycles. The fourth-order valence-electron chi connectivity index (χ4n) is 1.08. The number of rotatable bonds is 4. The summed E-state index contributed by atoms with van der Waals surface area (Å²) in [6, 6.07) is 3.01. The number of aryl methyl sites for hydroxylation is 1. The van der Waals surface area contributed by atoms with E-state index in [0.717, 1.165) is 9.75 Å². The summed E-state index contributed by atoms with van der Waals surface area (Å²) in [7, 11) is 0. The van der Waals surface area contributed by atoms with Crippen molar-refractivity contribution in [3.05, 3.63) is 21.9 Å². The molecule has 1 rings (SSSR count). The number of nitrogens with one attached hydrogen (secondary N) is 1. The molecule has 1 heterocycles. The van der Waals surface area contributed by atoms with Gasteiger partial charge in [-0.05, 0) is 19.1 Å². The highest BCUT2D eigenvalue weighted by atomic mass is 32.1. The van der Waals surface area contributed by atoms with Crippen molar-refractivity contribution in [2.45, 2.75) is 13.0 Å². The lowest BCUT2D eigenvalue weighted by Crippen LogP contribution is -2.27. The predicted molar refractivity (Wildman–Crippen MR) is 56.3 cm³/mol. The Morgan fingerprint density at radius 3 is 2.93 bits per heavy atom. The summed E-state index contributed by atoms with van der Waals surface area (Å²) >= 11 is 1.46. The lowest BCUT2D eigenvalue weighted by molar-refractivity contribution is -0.139. The molecule has 3 nitrogen and oxygen atoms in total. The van der Waals surface area contributed by atoms with Crippen LogP contribution in [0.1, 0.15) is 15.8 Å². The van der Waals surface area contributed by atoms with E-state index in [2.05, 4.69) is 11.2 Å². The third kappa shape index (κ3) is 2.59. The second kappa shape index (κ2) is 4.80. The van der Waals surface area contributed by atoms with Crippen LogP contribution in [0, 0.1) is 19.3 Å². The molecule has 1 aromatic rings. The van der Waals surface area contributed by atoms with Crippen LogP contribution in [0.2, 0.25) is 0 Å². The van der Waals surface area contributed by atoms with Crippen LogP contribution in [0.25, 0.3) is 0 Å². The summed E-state index contributed by atoms with van der Waals surface area (Å²) in [6.07, 6.45) is 5.06. The van der Waals surface area contributed by atoms with Gasteiger partial charge in [0, 0.05) is 9.75 Å². The van der Waals surface area contributed by atoms with Gasteiger partial charge in [-0.3, -0.25) is 10.1 Å². The highest BCUT2D eigenvalue weighted by Crippen LogP contribution is 2.22. The Kier molecular flexibility index (Phi) is 3.69. The van der Waals surface area contributed by atoms with Crippen LogP contribution in [-0.4, -0.2) is 17.6 Å². The van der Waals surface area contributed by atoms with Crippen LogP contribution < -0.4 is 5.32 Å². The van der Waals surface area contributed by atoms with E-state index in [4.69, 9.17) is 11.5 Å². The standard InChI is InChI=1S/C10H11NO2S/c1-3-6-11-9(10(12)13)8-5-4-7(2)14-8/h1,4-5,9,11H,6H2,2H3,(H,12,13). The third-order valence-electron chi connectivity index (χ3n) is 1.70. The molecule has 0 bridgehead atoms. The average Bonchev–Trinajstić information content (AvgIpc) is 2.52. The average molecular weight is 209 g/mol. The highest BCUT2D eigenvalue weighted by molar-refractivity contribution is 7.12. The van der Waals surface area contributed by atoms with Gasteiger partial charge in [0.1, 0.15) is 6.04 Å². The molecule has 1 unspecified atom stereocenters. The lowest BCUT2D eigenvalue weighted by atomic mass is 10.2. The fourth-order valence-corrected chi connectivity index (χ4v) is 2.03. The van der Waals surface area contributed by atoms with Gasteiger partial charge < -0.3 is 5.11 Å². The first kappa shape index (κ1) is 10.8. The van der Waals surface area contributed by atoms with E-state index in [1.165, 1.54) is 11.3 Å². The Bertz CT molecular complexity index is 364. The molecule has 0 fully saturated rings. The van der Waals surface area contributed by atoms with Crippen LogP contribution >= 0.6 is 11.3 Å². The summed E-state index contributed by atoms with van der Waals surface area (Å²) in [6.45, 7) is 2.20. The first-order chi connectivity index (χ1) is 6.65. The largest absolute Gasteiger partial charge is 0.480 e. The Morgan fingerprint density at radius 2 is 2.50 bits per heavy atom. The molecule has 1 atom stereocenters. The van der Waals surface area contributed by atoms with Gasteiger partial charge in [0.05, 0.1) is 6.54 Å². The van der Waals surface area contributed by atoms with Gasteiger partial charge in [0.15, 0.2) is 0 Å². The molecule has 0 radical (unpaired) electrons. The molecule has 0 aliphatic heterocycles. The number of carboxylic acid groups (broad SMARTS) is 1. The summed E-state index contributed by atoms with van der Waals surface area (Å²) in [4.78, 5) is 12.8. The summed E-state index contributed by atoms with van der Waals surface area (Å²) < 4.78 is 0. The number of terminal acetylenes is 1. The van der Waals surface area contributed by atoms with Gasteiger partial charge in [-0.25, -0.2) is 0 Å². The van der Waals surface area contributed by atoms with Crippen LogP contribution in [0.5, 0.6) is 0 Å². The minimum Gasteiger partial charge on any atom is -0.480 e. The fraction of sp³-hybridized carbons (Fsp3) is 0.300. The van der Waals surface area contributed by atoms with Crippen LogP contribution in [-0.2, 0) is 4.79 Å². The second-order valence-electron chi connectivity index (χ2n) is 2.80. The number of carboxylic acids is 1. The van der Waals surface area contributed by atoms with Crippen molar-refractivity contribution in [2.75, 3.05) is 6.54 Å². The zero-order valence-electron chi connectivity index (χ0n) is 7.78.